The van der Waals surface area contributed by atoms with E-state index in [4.69, 9.17) is 0 Å². The summed E-state index contributed by atoms with van der Waals surface area (Å²) in [4.78, 5) is 21.6. The Bertz CT molecular complexity index is 629. The van der Waals surface area contributed by atoms with Gasteiger partial charge in [0.25, 0.3) is 5.56 Å². The highest BCUT2D eigenvalue weighted by atomic mass is 16.1. The lowest BCUT2D eigenvalue weighted by atomic mass is 10.1. The summed E-state index contributed by atoms with van der Waals surface area (Å²) in [7, 11) is 0. The lowest BCUT2D eigenvalue weighted by Crippen LogP contribution is -2.31. The van der Waals surface area contributed by atoms with Crippen LogP contribution in [0.15, 0.2) is 29.3 Å². The van der Waals surface area contributed by atoms with Crippen molar-refractivity contribution in [3.05, 3.63) is 40.4 Å². The number of piperidine rings is 1. The first-order valence-corrected chi connectivity index (χ1v) is 7.51. The SMILES string of the molecule is O=c1[nH]c2ccncc2cc1CCCN1CCCCC1. The van der Waals surface area contributed by atoms with Crippen LogP contribution in [-0.2, 0) is 6.42 Å². The Labute approximate surface area is 118 Å². The third-order valence-electron chi connectivity index (χ3n) is 4.09. The van der Waals surface area contributed by atoms with E-state index in [-0.39, 0.29) is 5.56 Å². The van der Waals surface area contributed by atoms with E-state index < -0.39 is 0 Å². The molecular weight excluding hydrogens is 250 g/mol. The van der Waals surface area contributed by atoms with Crippen molar-refractivity contribution in [1.29, 1.82) is 0 Å². The van der Waals surface area contributed by atoms with Crippen molar-refractivity contribution < 1.29 is 0 Å². The maximum atomic E-state index is 12.0. The first kappa shape index (κ1) is 13.3. The molecule has 1 aliphatic heterocycles. The molecular formula is C16H21N3O. The fourth-order valence-corrected chi connectivity index (χ4v) is 2.95. The van der Waals surface area contributed by atoms with Gasteiger partial charge in [0.15, 0.2) is 0 Å². The van der Waals surface area contributed by atoms with E-state index in [2.05, 4.69) is 14.9 Å². The molecule has 0 spiro atoms. The molecule has 2 aromatic rings. The normalized spacial score (nSPS) is 16.6. The molecule has 0 aromatic carbocycles. The molecule has 106 valence electrons. The summed E-state index contributed by atoms with van der Waals surface area (Å²) < 4.78 is 0. The summed E-state index contributed by atoms with van der Waals surface area (Å²) in [6.07, 6.45) is 9.41. The number of fused-ring (bicyclic) bond motifs is 1. The molecule has 0 amide bonds. The van der Waals surface area contributed by atoms with Gasteiger partial charge in [0.05, 0.1) is 5.52 Å². The van der Waals surface area contributed by atoms with Crippen molar-refractivity contribution in [3.8, 4) is 0 Å². The monoisotopic (exact) mass is 271 g/mol. The van der Waals surface area contributed by atoms with Crippen LogP contribution < -0.4 is 5.56 Å². The van der Waals surface area contributed by atoms with Crippen LogP contribution in [-0.4, -0.2) is 34.5 Å². The number of aromatic nitrogens is 2. The Morgan fingerprint density at radius 1 is 1.25 bits per heavy atom. The Hall–Kier alpha value is -1.68. The van der Waals surface area contributed by atoms with Crippen LogP contribution in [0.2, 0.25) is 0 Å². The average Bonchev–Trinajstić information content (AvgIpc) is 2.49. The zero-order valence-electron chi connectivity index (χ0n) is 11.8. The number of nitrogens with one attached hydrogen (secondary N) is 1. The van der Waals surface area contributed by atoms with Crippen LogP contribution in [0, 0.1) is 0 Å². The smallest absolute Gasteiger partial charge is 0.251 e. The third kappa shape index (κ3) is 3.07. The van der Waals surface area contributed by atoms with Gasteiger partial charge in [0.2, 0.25) is 0 Å². The molecule has 0 saturated carbocycles. The van der Waals surface area contributed by atoms with Gasteiger partial charge in [-0.2, -0.15) is 0 Å². The maximum absolute atomic E-state index is 12.0. The summed E-state index contributed by atoms with van der Waals surface area (Å²) in [6.45, 7) is 3.54. The van der Waals surface area contributed by atoms with Gasteiger partial charge in [0.1, 0.15) is 0 Å². The van der Waals surface area contributed by atoms with Crippen LogP contribution in [0.5, 0.6) is 0 Å². The van der Waals surface area contributed by atoms with Gasteiger partial charge in [-0.15, -0.1) is 0 Å². The zero-order chi connectivity index (χ0) is 13.8. The molecule has 4 nitrogen and oxygen atoms in total. The Kier molecular flexibility index (Phi) is 4.11. The van der Waals surface area contributed by atoms with Gasteiger partial charge in [-0.3, -0.25) is 9.78 Å². The lowest BCUT2D eigenvalue weighted by molar-refractivity contribution is 0.226. The number of hydrogen-bond donors (Lipinski definition) is 1. The summed E-state index contributed by atoms with van der Waals surface area (Å²) >= 11 is 0. The molecule has 1 saturated heterocycles. The van der Waals surface area contributed by atoms with Crippen molar-refractivity contribution in [1.82, 2.24) is 14.9 Å². The number of nitrogens with zero attached hydrogens (tertiary/aromatic N) is 2. The topological polar surface area (TPSA) is 49.0 Å². The van der Waals surface area contributed by atoms with Gasteiger partial charge in [-0.1, -0.05) is 6.42 Å². The number of H-pyrrole nitrogens is 1. The molecule has 0 radical (unpaired) electrons. The number of aromatic amines is 1. The van der Waals surface area contributed by atoms with Crippen molar-refractivity contribution in [3.63, 3.8) is 0 Å². The number of rotatable bonds is 4. The molecule has 0 aliphatic carbocycles. The number of pyridine rings is 2. The van der Waals surface area contributed by atoms with Crippen LogP contribution >= 0.6 is 0 Å². The molecule has 2 aromatic heterocycles. The summed E-state index contributed by atoms with van der Waals surface area (Å²) in [5, 5.41) is 1.01. The Morgan fingerprint density at radius 3 is 2.95 bits per heavy atom. The molecule has 0 bridgehead atoms. The van der Waals surface area contributed by atoms with E-state index in [0.717, 1.165) is 35.9 Å². The quantitative estimate of drug-likeness (QED) is 0.928. The molecule has 20 heavy (non-hydrogen) atoms. The first-order chi connectivity index (χ1) is 9.83. The zero-order valence-corrected chi connectivity index (χ0v) is 11.8. The fourth-order valence-electron chi connectivity index (χ4n) is 2.95. The van der Waals surface area contributed by atoms with Gasteiger partial charge in [-0.05, 0) is 57.5 Å². The van der Waals surface area contributed by atoms with Crippen LogP contribution in [0.25, 0.3) is 10.9 Å². The van der Waals surface area contributed by atoms with Gasteiger partial charge >= 0.3 is 0 Å². The van der Waals surface area contributed by atoms with Crippen LogP contribution in [0.3, 0.4) is 0 Å². The van der Waals surface area contributed by atoms with Crippen LogP contribution in [0.1, 0.15) is 31.2 Å². The predicted molar refractivity (Wildman–Crippen MR) is 81.0 cm³/mol. The summed E-state index contributed by atoms with van der Waals surface area (Å²) in [6, 6.07) is 3.83. The number of likely N-dealkylation sites (tertiary alicyclic amines) is 1. The minimum atomic E-state index is 0.0438. The van der Waals surface area contributed by atoms with E-state index in [1.165, 1.54) is 32.4 Å². The second kappa shape index (κ2) is 6.18. The molecule has 4 heteroatoms. The third-order valence-corrected chi connectivity index (χ3v) is 4.09. The molecule has 0 unspecified atom stereocenters. The molecule has 0 atom stereocenters. The van der Waals surface area contributed by atoms with Crippen molar-refractivity contribution in [2.75, 3.05) is 19.6 Å². The molecule has 3 heterocycles. The maximum Gasteiger partial charge on any atom is 0.251 e. The van der Waals surface area contributed by atoms with E-state index in [0.29, 0.717) is 0 Å². The number of aryl methyl sites for hydroxylation is 1. The average molecular weight is 271 g/mol. The van der Waals surface area contributed by atoms with Crippen molar-refractivity contribution in [2.45, 2.75) is 32.1 Å². The number of hydrogen-bond acceptors (Lipinski definition) is 3. The van der Waals surface area contributed by atoms with Gasteiger partial charge in [-0.25, -0.2) is 0 Å². The van der Waals surface area contributed by atoms with Crippen molar-refractivity contribution >= 4 is 10.9 Å². The highest BCUT2D eigenvalue weighted by Crippen LogP contribution is 2.12. The minimum Gasteiger partial charge on any atom is -0.322 e. The summed E-state index contributed by atoms with van der Waals surface area (Å²) in [5.41, 5.74) is 1.79. The van der Waals surface area contributed by atoms with E-state index >= 15 is 0 Å². The standard InChI is InChI=1S/C16H21N3O/c20-16-13(5-4-10-19-8-2-1-3-9-19)11-14-12-17-7-6-15(14)18-16/h6-7,11-12H,1-5,8-10H2,(H,18,20). The molecule has 1 aliphatic rings. The van der Waals surface area contributed by atoms with Gasteiger partial charge < -0.3 is 9.88 Å². The van der Waals surface area contributed by atoms with Gasteiger partial charge in [0, 0.05) is 23.3 Å². The molecule has 1 fully saturated rings. The highest BCUT2D eigenvalue weighted by molar-refractivity contribution is 5.77. The highest BCUT2D eigenvalue weighted by Gasteiger charge is 2.10. The second-order valence-corrected chi connectivity index (χ2v) is 5.59. The van der Waals surface area contributed by atoms with Crippen molar-refractivity contribution in [2.24, 2.45) is 0 Å². The van der Waals surface area contributed by atoms with E-state index in [1.807, 2.05) is 12.1 Å². The Morgan fingerprint density at radius 2 is 2.10 bits per heavy atom. The first-order valence-electron chi connectivity index (χ1n) is 7.51. The molecule has 3 rings (SSSR count). The predicted octanol–water partition coefficient (Wildman–Crippen LogP) is 2.34. The van der Waals surface area contributed by atoms with E-state index in [9.17, 15) is 4.79 Å². The summed E-state index contributed by atoms with van der Waals surface area (Å²) in [5.74, 6) is 0. The lowest BCUT2D eigenvalue weighted by Gasteiger charge is -2.26. The van der Waals surface area contributed by atoms with E-state index in [1.54, 1.807) is 12.4 Å². The Balaban J connectivity index is 1.64. The molecule has 1 N–H and O–H groups in total. The fraction of sp³-hybridized carbons (Fsp3) is 0.500. The van der Waals surface area contributed by atoms with Crippen LogP contribution in [0.4, 0.5) is 0 Å². The minimum absolute atomic E-state index is 0.0438. The largest absolute Gasteiger partial charge is 0.322 e. The second-order valence-electron chi connectivity index (χ2n) is 5.59.